The molecule has 0 saturated carbocycles. The number of nitrogens with zero attached hydrogens (tertiary/aromatic N) is 1. The molecule has 6 heteroatoms. The fourth-order valence-corrected chi connectivity index (χ4v) is 2.45. The molecule has 0 fully saturated rings. The van der Waals surface area contributed by atoms with E-state index in [1.165, 1.54) is 6.92 Å². The highest BCUT2D eigenvalue weighted by molar-refractivity contribution is 5.74. The fraction of sp³-hybridized carbons (Fsp3) is 0.400. The molecule has 21 heavy (non-hydrogen) atoms. The topological polar surface area (TPSA) is 78.7 Å². The van der Waals surface area contributed by atoms with E-state index in [2.05, 4.69) is 0 Å². The summed E-state index contributed by atoms with van der Waals surface area (Å²) < 4.78 is 10.0. The van der Waals surface area contributed by atoms with Crippen LogP contribution in [0.4, 0.5) is 0 Å². The smallest absolute Gasteiger partial charge is 0.302 e. The monoisotopic (exact) mass is 291 g/mol. The zero-order valence-corrected chi connectivity index (χ0v) is 12.0. The van der Waals surface area contributed by atoms with E-state index in [4.69, 9.17) is 9.47 Å². The lowest BCUT2D eigenvalue weighted by atomic mass is 9.87. The minimum Gasteiger partial charge on any atom is -0.497 e. The van der Waals surface area contributed by atoms with Crippen LogP contribution < -0.4 is 4.74 Å². The number of rotatable bonds is 5. The van der Waals surface area contributed by atoms with E-state index < -0.39 is 16.9 Å². The molecule has 0 amide bonds. The Balaban J connectivity index is 2.32. The fourth-order valence-electron chi connectivity index (χ4n) is 2.45. The number of methoxy groups -OCH3 is 1. The number of benzene rings is 1. The zero-order valence-electron chi connectivity index (χ0n) is 12.0. The first-order valence-corrected chi connectivity index (χ1v) is 6.67. The molecule has 0 N–H and O–H groups in total. The van der Waals surface area contributed by atoms with Crippen molar-refractivity contribution in [3.05, 3.63) is 45.5 Å². The van der Waals surface area contributed by atoms with Gasteiger partial charge in [0.05, 0.1) is 7.11 Å². The molecule has 1 atom stereocenters. The molecule has 0 aromatic heterocycles. The Kier molecular flexibility index (Phi) is 4.57. The molecule has 112 valence electrons. The summed E-state index contributed by atoms with van der Waals surface area (Å²) in [6.45, 7) is 0.991. The molecule has 2 rings (SSSR count). The van der Waals surface area contributed by atoms with Crippen LogP contribution in [0.15, 0.2) is 24.3 Å². The van der Waals surface area contributed by atoms with Gasteiger partial charge in [-0.1, -0.05) is 12.1 Å². The summed E-state index contributed by atoms with van der Waals surface area (Å²) in [5.41, 5.74) is 2.45. The van der Waals surface area contributed by atoms with Gasteiger partial charge in [-0.2, -0.15) is 0 Å². The van der Waals surface area contributed by atoms with E-state index in [0.717, 1.165) is 29.7 Å². The number of carbonyl (C=O) groups is 1. The maximum Gasteiger partial charge on any atom is 0.302 e. The molecule has 1 unspecified atom stereocenters. The van der Waals surface area contributed by atoms with Crippen molar-refractivity contribution in [2.24, 2.45) is 0 Å². The van der Waals surface area contributed by atoms with Crippen LogP contribution in [0.2, 0.25) is 0 Å². The van der Waals surface area contributed by atoms with E-state index >= 15 is 0 Å². The van der Waals surface area contributed by atoms with Crippen molar-refractivity contribution in [2.75, 3.05) is 13.7 Å². The van der Waals surface area contributed by atoms with Crippen molar-refractivity contribution in [1.29, 1.82) is 0 Å². The lowest BCUT2D eigenvalue weighted by Crippen LogP contribution is -2.29. The van der Waals surface area contributed by atoms with Gasteiger partial charge in [-0.15, -0.1) is 0 Å². The highest BCUT2D eigenvalue weighted by atomic mass is 16.6. The summed E-state index contributed by atoms with van der Waals surface area (Å²) in [7, 11) is 1.59. The molecule has 1 aromatic rings. The highest BCUT2D eigenvalue weighted by Gasteiger charge is 2.30. The SMILES string of the molecule is COc1ccc2c(c1)CCC=C2C(COC(C)=O)[N+](=O)[O-]. The van der Waals surface area contributed by atoms with Crippen LogP contribution in [0.25, 0.3) is 5.57 Å². The number of nitro groups is 1. The molecular weight excluding hydrogens is 274 g/mol. The summed E-state index contributed by atoms with van der Waals surface area (Å²) in [5, 5.41) is 11.3. The minimum atomic E-state index is -1.04. The van der Waals surface area contributed by atoms with Crippen molar-refractivity contribution < 1.29 is 19.2 Å². The molecule has 0 radical (unpaired) electrons. The summed E-state index contributed by atoms with van der Waals surface area (Å²) in [4.78, 5) is 21.8. The van der Waals surface area contributed by atoms with Crippen molar-refractivity contribution in [3.8, 4) is 5.75 Å². The highest BCUT2D eigenvalue weighted by Crippen LogP contribution is 2.32. The van der Waals surface area contributed by atoms with Crippen LogP contribution in [0.5, 0.6) is 5.75 Å². The maximum atomic E-state index is 11.3. The van der Waals surface area contributed by atoms with Gasteiger partial charge in [-0.05, 0) is 36.1 Å². The van der Waals surface area contributed by atoms with Crippen LogP contribution >= 0.6 is 0 Å². The largest absolute Gasteiger partial charge is 0.497 e. The third-order valence-corrected chi connectivity index (χ3v) is 3.46. The Bertz CT molecular complexity index is 594. The molecular formula is C15H17NO5. The molecule has 1 aromatic carbocycles. The molecule has 0 spiro atoms. The second-order valence-corrected chi connectivity index (χ2v) is 4.82. The Labute approximate surface area is 122 Å². The molecule has 1 aliphatic carbocycles. The van der Waals surface area contributed by atoms with Gasteiger partial charge in [0.2, 0.25) is 0 Å². The summed E-state index contributed by atoms with van der Waals surface area (Å²) in [6.07, 6.45) is 3.39. The van der Waals surface area contributed by atoms with Gasteiger partial charge in [0.25, 0.3) is 6.04 Å². The van der Waals surface area contributed by atoms with E-state index in [0.29, 0.717) is 5.57 Å². The van der Waals surface area contributed by atoms with Gasteiger partial charge in [0.15, 0.2) is 6.61 Å². The lowest BCUT2D eigenvalue weighted by molar-refractivity contribution is -0.508. The first kappa shape index (κ1) is 15.0. The van der Waals surface area contributed by atoms with E-state index in [-0.39, 0.29) is 6.61 Å². The standard InChI is InChI=1S/C15H17NO5/c1-10(17)21-9-15(16(18)19)14-5-3-4-11-8-12(20-2)6-7-13(11)14/h5-8,15H,3-4,9H2,1-2H3. The van der Waals surface area contributed by atoms with E-state index in [9.17, 15) is 14.9 Å². The van der Waals surface area contributed by atoms with E-state index in [1.807, 2.05) is 18.2 Å². The second kappa shape index (κ2) is 6.39. The normalized spacial score (nSPS) is 14.7. The summed E-state index contributed by atoms with van der Waals surface area (Å²) >= 11 is 0. The first-order chi connectivity index (χ1) is 10.0. The third kappa shape index (κ3) is 3.39. The van der Waals surface area contributed by atoms with Crippen LogP contribution in [-0.4, -0.2) is 30.7 Å². The van der Waals surface area contributed by atoms with Crippen molar-refractivity contribution >= 4 is 11.5 Å². The number of carbonyl (C=O) groups excluding carboxylic acids is 1. The Morgan fingerprint density at radius 1 is 1.48 bits per heavy atom. The quantitative estimate of drug-likeness (QED) is 0.472. The number of ether oxygens (including phenoxy) is 2. The first-order valence-electron chi connectivity index (χ1n) is 6.67. The van der Waals surface area contributed by atoms with E-state index in [1.54, 1.807) is 13.2 Å². The predicted molar refractivity (Wildman–Crippen MR) is 76.7 cm³/mol. The Morgan fingerprint density at radius 2 is 2.24 bits per heavy atom. The van der Waals surface area contributed by atoms with Gasteiger partial charge in [-0.3, -0.25) is 14.9 Å². The number of allylic oxidation sites excluding steroid dienone is 1. The van der Waals surface area contributed by atoms with Gasteiger partial charge in [0, 0.05) is 17.4 Å². The third-order valence-electron chi connectivity index (χ3n) is 3.46. The van der Waals surface area contributed by atoms with Crippen molar-refractivity contribution in [2.45, 2.75) is 25.8 Å². The molecule has 1 aliphatic rings. The predicted octanol–water partition coefficient (Wildman–Crippen LogP) is 2.23. The van der Waals surface area contributed by atoms with Crippen LogP contribution in [0, 0.1) is 10.1 Å². The number of aryl methyl sites for hydroxylation is 1. The van der Waals surface area contributed by atoms with Gasteiger partial charge in [-0.25, -0.2) is 0 Å². The van der Waals surface area contributed by atoms with Crippen molar-refractivity contribution in [1.82, 2.24) is 0 Å². The van der Waals surface area contributed by atoms with Crippen LogP contribution in [-0.2, 0) is 16.0 Å². The average molecular weight is 291 g/mol. The Hall–Kier alpha value is -2.37. The number of esters is 1. The van der Waals surface area contributed by atoms with Crippen LogP contribution in [0.3, 0.4) is 0 Å². The minimum absolute atomic E-state index is 0.250. The van der Waals surface area contributed by atoms with Gasteiger partial charge < -0.3 is 9.47 Å². The van der Waals surface area contributed by atoms with Gasteiger partial charge >= 0.3 is 5.97 Å². The molecule has 0 saturated heterocycles. The maximum absolute atomic E-state index is 11.3. The number of hydrogen-bond donors (Lipinski definition) is 0. The summed E-state index contributed by atoms with van der Waals surface area (Å²) in [6, 6.07) is 4.46. The molecule has 0 heterocycles. The van der Waals surface area contributed by atoms with Gasteiger partial charge in [0.1, 0.15) is 5.75 Å². The Morgan fingerprint density at radius 3 is 2.86 bits per heavy atom. The number of hydrogen-bond acceptors (Lipinski definition) is 5. The van der Waals surface area contributed by atoms with Crippen molar-refractivity contribution in [3.63, 3.8) is 0 Å². The lowest BCUT2D eigenvalue weighted by Gasteiger charge is -2.21. The molecule has 6 nitrogen and oxygen atoms in total. The molecule has 0 bridgehead atoms. The van der Waals surface area contributed by atoms with Crippen LogP contribution in [0.1, 0.15) is 24.5 Å². The zero-order chi connectivity index (χ0) is 15.4. The summed E-state index contributed by atoms with van der Waals surface area (Å²) in [5.74, 6) is 0.209. The number of fused-ring (bicyclic) bond motifs is 1. The average Bonchev–Trinajstić information content (AvgIpc) is 2.46. The molecule has 0 aliphatic heterocycles. The second-order valence-electron chi connectivity index (χ2n) is 4.82.